The third kappa shape index (κ3) is 4.00. The molecule has 1 amide bonds. The van der Waals surface area contributed by atoms with Crippen molar-refractivity contribution >= 4 is 28.9 Å². The van der Waals surface area contributed by atoms with Crippen LogP contribution in [-0.4, -0.2) is 19.5 Å². The number of halogens is 1. The first-order valence-electron chi connectivity index (χ1n) is 6.47. The molecule has 0 aliphatic rings. The molecule has 0 spiro atoms. The summed E-state index contributed by atoms with van der Waals surface area (Å²) in [5, 5.41) is 3.37. The van der Waals surface area contributed by atoms with Gasteiger partial charge in [0.05, 0.1) is 10.7 Å². The zero-order valence-corrected chi connectivity index (χ0v) is 12.1. The Morgan fingerprint density at radius 1 is 1.10 bits per heavy atom. The highest BCUT2D eigenvalue weighted by Crippen LogP contribution is 2.20. The number of hydrogen-bond acceptors (Lipinski definition) is 2. The molecular formula is C16H17ClN2O. The molecule has 0 unspecified atom stereocenters. The first-order chi connectivity index (χ1) is 9.66. The number of nitrogens with one attached hydrogen (secondary N) is 1. The molecule has 0 bridgehead atoms. The third-order valence-electron chi connectivity index (χ3n) is 3.02. The molecule has 0 atom stereocenters. The van der Waals surface area contributed by atoms with Crippen LogP contribution >= 0.6 is 11.6 Å². The zero-order chi connectivity index (χ0) is 14.4. The standard InChI is InChI=1S/C16H17ClN2O/c1-19(13-7-3-2-4-8-13)12-11-16(20)18-15-10-6-5-9-14(15)17/h2-10H,11-12H2,1H3,(H,18,20). The maximum absolute atomic E-state index is 11.9. The van der Waals surface area contributed by atoms with E-state index in [1.807, 2.05) is 54.4 Å². The Hall–Kier alpha value is -2.00. The van der Waals surface area contributed by atoms with Crippen LogP contribution in [0.25, 0.3) is 0 Å². The molecule has 0 aliphatic heterocycles. The quantitative estimate of drug-likeness (QED) is 0.907. The molecule has 1 N–H and O–H groups in total. The molecule has 0 radical (unpaired) electrons. The van der Waals surface area contributed by atoms with Crippen molar-refractivity contribution < 1.29 is 4.79 Å². The van der Waals surface area contributed by atoms with Gasteiger partial charge in [-0.05, 0) is 24.3 Å². The molecule has 0 heterocycles. The lowest BCUT2D eigenvalue weighted by molar-refractivity contribution is -0.116. The number of anilines is 2. The van der Waals surface area contributed by atoms with Crippen LogP contribution in [-0.2, 0) is 4.79 Å². The first kappa shape index (κ1) is 14.4. The molecule has 20 heavy (non-hydrogen) atoms. The number of nitrogens with zero attached hydrogens (tertiary/aromatic N) is 1. The van der Waals surface area contributed by atoms with Gasteiger partial charge in [-0.15, -0.1) is 0 Å². The maximum Gasteiger partial charge on any atom is 0.226 e. The van der Waals surface area contributed by atoms with Gasteiger partial charge in [0.2, 0.25) is 5.91 Å². The molecule has 0 aliphatic carbocycles. The van der Waals surface area contributed by atoms with E-state index >= 15 is 0 Å². The second-order valence-corrected chi connectivity index (χ2v) is 4.94. The van der Waals surface area contributed by atoms with Crippen molar-refractivity contribution in [2.45, 2.75) is 6.42 Å². The van der Waals surface area contributed by atoms with Crippen LogP contribution in [0.5, 0.6) is 0 Å². The van der Waals surface area contributed by atoms with Crippen molar-refractivity contribution in [1.82, 2.24) is 0 Å². The minimum atomic E-state index is -0.0409. The van der Waals surface area contributed by atoms with Crippen molar-refractivity contribution in [1.29, 1.82) is 0 Å². The van der Waals surface area contributed by atoms with Gasteiger partial charge in [0.25, 0.3) is 0 Å². The molecule has 2 aromatic rings. The predicted molar refractivity (Wildman–Crippen MR) is 84.4 cm³/mol. The molecular weight excluding hydrogens is 272 g/mol. The fourth-order valence-corrected chi connectivity index (χ4v) is 2.04. The van der Waals surface area contributed by atoms with Gasteiger partial charge in [-0.1, -0.05) is 41.9 Å². The van der Waals surface area contributed by atoms with E-state index in [2.05, 4.69) is 5.32 Å². The highest BCUT2D eigenvalue weighted by molar-refractivity contribution is 6.33. The Bertz CT molecular complexity index is 572. The molecule has 0 saturated heterocycles. The average molecular weight is 289 g/mol. The molecule has 4 heteroatoms. The highest BCUT2D eigenvalue weighted by atomic mass is 35.5. The Balaban J connectivity index is 1.85. The van der Waals surface area contributed by atoms with E-state index in [-0.39, 0.29) is 5.91 Å². The predicted octanol–water partition coefficient (Wildman–Crippen LogP) is 3.81. The van der Waals surface area contributed by atoms with Crippen LogP contribution in [0.3, 0.4) is 0 Å². The molecule has 2 rings (SSSR count). The molecule has 0 aromatic heterocycles. The summed E-state index contributed by atoms with van der Waals surface area (Å²) in [6.07, 6.45) is 0.413. The number of carbonyl (C=O) groups excluding carboxylic acids is 1. The van der Waals surface area contributed by atoms with Crippen molar-refractivity contribution in [3.63, 3.8) is 0 Å². The average Bonchev–Trinajstić information content (AvgIpc) is 2.48. The Morgan fingerprint density at radius 2 is 1.75 bits per heavy atom. The van der Waals surface area contributed by atoms with E-state index in [9.17, 15) is 4.79 Å². The van der Waals surface area contributed by atoms with Crippen LogP contribution in [0.4, 0.5) is 11.4 Å². The van der Waals surface area contributed by atoms with Crippen LogP contribution in [0, 0.1) is 0 Å². The minimum Gasteiger partial charge on any atom is -0.374 e. The number of rotatable bonds is 5. The fourth-order valence-electron chi connectivity index (χ4n) is 1.86. The van der Waals surface area contributed by atoms with Gasteiger partial charge in [0.15, 0.2) is 0 Å². The topological polar surface area (TPSA) is 32.3 Å². The van der Waals surface area contributed by atoms with Gasteiger partial charge in [-0.3, -0.25) is 4.79 Å². The second-order valence-electron chi connectivity index (χ2n) is 4.54. The maximum atomic E-state index is 11.9. The number of amides is 1. The summed E-state index contributed by atoms with van der Waals surface area (Å²) < 4.78 is 0. The Morgan fingerprint density at radius 3 is 2.45 bits per heavy atom. The highest BCUT2D eigenvalue weighted by Gasteiger charge is 2.07. The Kier molecular flexibility index (Phi) is 5.02. The van der Waals surface area contributed by atoms with E-state index in [0.717, 1.165) is 5.69 Å². The lowest BCUT2D eigenvalue weighted by atomic mass is 10.2. The summed E-state index contributed by atoms with van der Waals surface area (Å²) in [4.78, 5) is 14.0. The number of hydrogen-bond donors (Lipinski definition) is 1. The van der Waals surface area contributed by atoms with Crippen LogP contribution in [0.1, 0.15) is 6.42 Å². The SMILES string of the molecule is CN(CCC(=O)Nc1ccccc1Cl)c1ccccc1. The monoisotopic (exact) mass is 288 g/mol. The largest absolute Gasteiger partial charge is 0.374 e. The second kappa shape index (κ2) is 6.96. The van der Waals surface area contributed by atoms with Crippen molar-refractivity contribution in [3.8, 4) is 0 Å². The van der Waals surface area contributed by atoms with E-state index < -0.39 is 0 Å². The molecule has 0 fully saturated rings. The normalized spacial score (nSPS) is 10.1. The fraction of sp³-hybridized carbons (Fsp3) is 0.188. The van der Waals surface area contributed by atoms with Crippen molar-refractivity contribution in [3.05, 3.63) is 59.6 Å². The summed E-state index contributed by atoms with van der Waals surface area (Å²) in [5.41, 5.74) is 1.75. The summed E-state index contributed by atoms with van der Waals surface area (Å²) in [5.74, 6) is -0.0409. The third-order valence-corrected chi connectivity index (χ3v) is 3.35. The molecule has 0 saturated carbocycles. The lowest BCUT2D eigenvalue weighted by Gasteiger charge is -2.18. The number of carbonyl (C=O) groups is 1. The summed E-state index contributed by atoms with van der Waals surface area (Å²) in [6, 6.07) is 17.2. The van der Waals surface area contributed by atoms with Crippen molar-refractivity contribution in [2.24, 2.45) is 0 Å². The van der Waals surface area contributed by atoms with Gasteiger partial charge >= 0.3 is 0 Å². The summed E-state index contributed by atoms with van der Waals surface area (Å²) >= 11 is 6.00. The van der Waals surface area contributed by atoms with E-state index in [4.69, 9.17) is 11.6 Å². The van der Waals surface area contributed by atoms with Gasteiger partial charge in [0, 0.05) is 25.7 Å². The van der Waals surface area contributed by atoms with E-state index in [1.165, 1.54) is 0 Å². The van der Waals surface area contributed by atoms with Gasteiger partial charge in [-0.2, -0.15) is 0 Å². The number of para-hydroxylation sites is 2. The minimum absolute atomic E-state index is 0.0409. The summed E-state index contributed by atoms with van der Waals surface area (Å²) in [6.45, 7) is 0.653. The lowest BCUT2D eigenvalue weighted by Crippen LogP contribution is -2.23. The van der Waals surface area contributed by atoms with Gasteiger partial charge < -0.3 is 10.2 Å². The van der Waals surface area contributed by atoms with Crippen LogP contribution < -0.4 is 10.2 Å². The number of benzene rings is 2. The van der Waals surface area contributed by atoms with Crippen LogP contribution in [0.15, 0.2) is 54.6 Å². The molecule has 104 valence electrons. The van der Waals surface area contributed by atoms with Gasteiger partial charge in [0.1, 0.15) is 0 Å². The Labute approximate surface area is 124 Å². The zero-order valence-electron chi connectivity index (χ0n) is 11.3. The van der Waals surface area contributed by atoms with Gasteiger partial charge in [-0.25, -0.2) is 0 Å². The molecule has 2 aromatic carbocycles. The summed E-state index contributed by atoms with van der Waals surface area (Å²) in [7, 11) is 1.97. The van der Waals surface area contributed by atoms with E-state index in [0.29, 0.717) is 23.7 Å². The van der Waals surface area contributed by atoms with E-state index in [1.54, 1.807) is 12.1 Å². The van der Waals surface area contributed by atoms with Crippen LogP contribution in [0.2, 0.25) is 5.02 Å². The first-order valence-corrected chi connectivity index (χ1v) is 6.85. The molecule has 3 nitrogen and oxygen atoms in total. The van der Waals surface area contributed by atoms with Crippen molar-refractivity contribution in [2.75, 3.05) is 23.8 Å². The smallest absolute Gasteiger partial charge is 0.226 e.